The van der Waals surface area contributed by atoms with E-state index in [2.05, 4.69) is 29.6 Å². The summed E-state index contributed by atoms with van der Waals surface area (Å²) < 4.78 is 5.62. The highest BCUT2D eigenvalue weighted by Gasteiger charge is 2.41. The molecule has 2 aliphatic rings. The van der Waals surface area contributed by atoms with Gasteiger partial charge in [0.15, 0.2) is 0 Å². The lowest BCUT2D eigenvalue weighted by Crippen LogP contribution is -2.56. The number of carbonyl (C=O) groups excluding carboxylic acids is 2. The summed E-state index contributed by atoms with van der Waals surface area (Å²) in [6.45, 7) is 6.16. The summed E-state index contributed by atoms with van der Waals surface area (Å²) in [6.07, 6.45) is 0.495. The van der Waals surface area contributed by atoms with Gasteiger partial charge in [-0.25, -0.2) is 4.79 Å². The Labute approximate surface area is 200 Å². The smallest absolute Gasteiger partial charge is 0.407 e. The molecule has 4 rings (SSSR count). The first-order chi connectivity index (χ1) is 16.2. The van der Waals surface area contributed by atoms with Crippen LogP contribution in [-0.4, -0.2) is 53.7 Å². The van der Waals surface area contributed by atoms with Crippen LogP contribution in [0.1, 0.15) is 50.7 Å². The molecule has 1 fully saturated rings. The number of amides is 2. The van der Waals surface area contributed by atoms with Crippen LogP contribution in [0.5, 0.6) is 0 Å². The molecule has 34 heavy (non-hydrogen) atoms. The Morgan fingerprint density at radius 3 is 2.24 bits per heavy atom. The number of carboxylic acids is 1. The van der Waals surface area contributed by atoms with Crippen LogP contribution in [0.15, 0.2) is 48.5 Å². The molecule has 0 spiro atoms. The minimum absolute atomic E-state index is 0.0651. The lowest BCUT2D eigenvalue weighted by molar-refractivity contribution is -0.154. The van der Waals surface area contributed by atoms with Gasteiger partial charge in [-0.15, -0.1) is 0 Å². The Hall–Kier alpha value is -3.35. The molecule has 2 aromatic carbocycles. The summed E-state index contributed by atoms with van der Waals surface area (Å²) in [4.78, 5) is 39.2. The molecule has 7 heteroatoms. The average molecular weight is 465 g/mol. The number of hydrogen-bond acceptors (Lipinski definition) is 4. The normalized spacial score (nSPS) is 20.4. The van der Waals surface area contributed by atoms with E-state index in [1.807, 2.05) is 38.1 Å². The van der Waals surface area contributed by atoms with Gasteiger partial charge in [-0.05, 0) is 47.9 Å². The molecule has 2 N–H and O–H groups in total. The molecule has 1 heterocycles. The third-order valence-electron chi connectivity index (χ3n) is 7.07. The van der Waals surface area contributed by atoms with E-state index in [4.69, 9.17) is 4.74 Å². The molecule has 1 aliphatic heterocycles. The van der Waals surface area contributed by atoms with Crippen molar-refractivity contribution in [1.29, 1.82) is 0 Å². The lowest BCUT2D eigenvalue weighted by Gasteiger charge is -2.39. The van der Waals surface area contributed by atoms with Crippen molar-refractivity contribution in [1.82, 2.24) is 10.2 Å². The zero-order valence-corrected chi connectivity index (χ0v) is 19.9. The number of likely N-dealkylation sites (tertiary alicyclic amines) is 1. The average Bonchev–Trinajstić information content (AvgIpc) is 3.14. The largest absolute Gasteiger partial charge is 0.481 e. The Kier molecular flexibility index (Phi) is 6.64. The highest BCUT2D eigenvalue weighted by atomic mass is 16.5. The maximum Gasteiger partial charge on any atom is 0.407 e. The molecule has 0 saturated carbocycles. The SMILES string of the molecule is CC(C)[C@H](NC(=O)OCC1c2ccccc2-c2ccccc21)C(=O)N1CCCC(C)(C(=O)O)C1. The number of nitrogens with one attached hydrogen (secondary N) is 1. The van der Waals surface area contributed by atoms with E-state index >= 15 is 0 Å². The molecular formula is C27H32N2O5. The van der Waals surface area contributed by atoms with Gasteiger partial charge in [-0.2, -0.15) is 0 Å². The Morgan fingerprint density at radius 1 is 1.09 bits per heavy atom. The van der Waals surface area contributed by atoms with Crippen LogP contribution in [0, 0.1) is 11.3 Å². The Morgan fingerprint density at radius 2 is 1.68 bits per heavy atom. The second-order valence-electron chi connectivity index (χ2n) is 9.92. The van der Waals surface area contributed by atoms with E-state index in [1.165, 1.54) is 0 Å². The van der Waals surface area contributed by atoms with Crippen molar-refractivity contribution in [2.24, 2.45) is 11.3 Å². The number of carboxylic acid groups (broad SMARTS) is 1. The molecule has 0 aromatic heterocycles. The van der Waals surface area contributed by atoms with Crippen LogP contribution in [0.3, 0.4) is 0 Å². The van der Waals surface area contributed by atoms with Crippen LogP contribution in [-0.2, 0) is 14.3 Å². The van der Waals surface area contributed by atoms with E-state index < -0.39 is 23.5 Å². The predicted octanol–water partition coefficient (Wildman–Crippen LogP) is 4.26. The van der Waals surface area contributed by atoms with Gasteiger partial charge in [-0.1, -0.05) is 62.4 Å². The first kappa shape index (κ1) is 23.8. The molecule has 2 atom stereocenters. The highest BCUT2D eigenvalue weighted by Crippen LogP contribution is 2.44. The number of aliphatic carboxylic acids is 1. The van der Waals surface area contributed by atoms with Crippen LogP contribution < -0.4 is 5.32 Å². The molecule has 2 amide bonds. The van der Waals surface area contributed by atoms with Crippen molar-refractivity contribution >= 4 is 18.0 Å². The van der Waals surface area contributed by atoms with E-state index in [0.717, 1.165) is 22.3 Å². The molecule has 180 valence electrons. The fourth-order valence-corrected chi connectivity index (χ4v) is 5.08. The third kappa shape index (κ3) is 4.52. The number of rotatable bonds is 6. The molecule has 0 bridgehead atoms. The fraction of sp³-hybridized carbons (Fsp3) is 0.444. The highest BCUT2D eigenvalue weighted by molar-refractivity contribution is 5.87. The van der Waals surface area contributed by atoms with Gasteiger partial charge < -0.3 is 20.1 Å². The van der Waals surface area contributed by atoms with Crippen molar-refractivity contribution in [3.05, 3.63) is 59.7 Å². The van der Waals surface area contributed by atoms with Crippen molar-refractivity contribution in [3.8, 4) is 11.1 Å². The van der Waals surface area contributed by atoms with Gasteiger partial charge in [0.2, 0.25) is 5.91 Å². The number of piperidine rings is 1. The molecule has 2 aromatic rings. The van der Waals surface area contributed by atoms with E-state index in [0.29, 0.717) is 19.4 Å². The summed E-state index contributed by atoms with van der Waals surface area (Å²) in [5.74, 6) is -1.41. The Balaban J connectivity index is 1.42. The first-order valence-electron chi connectivity index (χ1n) is 11.8. The first-order valence-corrected chi connectivity index (χ1v) is 11.8. The zero-order chi connectivity index (χ0) is 24.5. The quantitative estimate of drug-likeness (QED) is 0.666. The third-order valence-corrected chi connectivity index (χ3v) is 7.07. The number of ether oxygens (including phenoxy) is 1. The number of benzene rings is 2. The van der Waals surface area contributed by atoms with Gasteiger partial charge in [-0.3, -0.25) is 9.59 Å². The second kappa shape index (κ2) is 9.49. The van der Waals surface area contributed by atoms with Crippen LogP contribution >= 0.6 is 0 Å². The van der Waals surface area contributed by atoms with Gasteiger partial charge in [0, 0.05) is 19.0 Å². The minimum atomic E-state index is -0.973. The number of fused-ring (bicyclic) bond motifs is 3. The molecule has 0 radical (unpaired) electrons. The molecular weight excluding hydrogens is 432 g/mol. The number of carbonyl (C=O) groups is 3. The van der Waals surface area contributed by atoms with Crippen molar-refractivity contribution < 1.29 is 24.2 Å². The molecule has 1 aliphatic carbocycles. The van der Waals surface area contributed by atoms with E-state index in [1.54, 1.807) is 11.8 Å². The predicted molar refractivity (Wildman–Crippen MR) is 128 cm³/mol. The summed E-state index contributed by atoms with van der Waals surface area (Å²) in [6, 6.07) is 15.4. The van der Waals surface area contributed by atoms with Crippen molar-refractivity contribution in [2.45, 2.75) is 45.6 Å². The number of alkyl carbamates (subject to hydrolysis) is 1. The van der Waals surface area contributed by atoms with E-state index in [-0.39, 0.29) is 30.9 Å². The fourth-order valence-electron chi connectivity index (χ4n) is 5.08. The van der Waals surface area contributed by atoms with Crippen molar-refractivity contribution in [3.63, 3.8) is 0 Å². The maximum atomic E-state index is 13.2. The standard InChI is InChI=1S/C27H32N2O5/c1-17(2)23(24(30)29-14-8-13-27(3,16-29)25(31)32)28-26(33)34-15-22-20-11-6-4-9-18(20)19-10-5-7-12-21(19)22/h4-7,9-12,17,22-23H,8,13-16H2,1-3H3,(H,28,33)(H,31,32)/t23-,27?/m0/s1. The van der Waals surface area contributed by atoms with Gasteiger partial charge in [0.1, 0.15) is 12.6 Å². The zero-order valence-electron chi connectivity index (χ0n) is 19.9. The minimum Gasteiger partial charge on any atom is -0.481 e. The van der Waals surface area contributed by atoms with Gasteiger partial charge in [0.05, 0.1) is 5.41 Å². The lowest BCUT2D eigenvalue weighted by atomic mass is 9.81. The Bertz CT molecular complexity index is 1050. The topological polar surface area (TPSA) is 95.9 Å². The summed E-state index contributed by atoms with van der Waals surface area (Å²) >= 11 is 0. The maximum absolute atomic E-state index is 13.2. The number of hydrogen-bond donors (Lipinski definition) is 2. The van der Waals surface area contributed by atoms with Gasteiger partial charge >= 0.3 is 12.1 Å². The monoisotopic (exact) mass is 464 g/mol. The van der Waals surface area contributed by atoms with Crippen LogP contribution in [0.4, 0.5) is 4.79 Å². The molecule has 7 nitrogen and oxygen atoms in total. The van der Waals surface area contributed by atoms with Crippen molar-refractivity contribution in [2.75, 3.05) is 19.7 Å². The number of nitrogens with zero attached hydrogens (tertiary/aromatic N) is 1. The summed E-state index contributed by atoms with van der Waals surface area (Å²) in [5.41, 5.74) is 3.56. The van der Waals surface area contributed by atoms with Gasteiger partial charge in [0.25, 0.3) is 0 Å². The second-order valence-corrected chi connectivity index (χ2v) is 9.92. The summed E-state index contributed by atoms with van der Waals surface area (Å²) in [5, 5.41) is 12.3. The van der Waals surface area contributed by atoms with Crippen LogP contribution in [0.25, 0.3) is 11.1 Å². The molecule has 1 saturated heterocycles. The molecule has 1 unspecified atom stereocenters. The summed E-state index contributed by atoms with van der Waals surface area (Å²) in [7, 11) is 0. The van der Waals surface area contributed by atoms with E-state index in [9.17, 15) is 19.5 Å². The van der Waals surface area contributed by atoms with Crippen LogP contribution in [0.2, 0.25) is 0 Å².